The van der Waals surface area contributed by atoms with E-state index in [0.717, 1.165) is 24.1 Å². The summed E-state index contributed by atoms with van der Waals surface area (Å²) in [6.07, 6.45) is 2.83. The molecular formula is C23H28ClN3O. The Balaban J connectivity index is 1.83. The van der Waals surface area contributed by atoms with Gasteiger partial charge in [-0.15, -0.1) is 0 Å². The lowest BCUT2D eigenvalue weighted by Gasteiger charge is -2.47. The quantitative estimate of drug-likeness (QED) is 0.545. The van der Waals surface area contributed by atoms with Crippen LogP contribution in [0, 0.1) is 6.92 Å². The number of hydrazone groups is 1. The second kappa shape index (κ2) is 7.96. The van der Waals surface area contributed by atoms with Crippen LogP contribution in [-0.2, 0) is 0 Å². The topological polar surface area (TPSA) is 44.7 Å². The number of hydrogen-bond donors (Lipinski definition) is 1. The van der Waals surface area contributed by atoms with Crippen LogP contribution in [0.25, 0.3) is 0 Å². The SMILES string of the molecule is CCN1c2cc(C)c(/C=N/NC(=O)c3cccc(Cl)c3)cc2C(C)CC1(C)C. The highest BCUT2D eigenvalue weighted by atomic mass is 35.5. The van der Waals surface area contributed by atoms with Crippen molar-refractivity contribution in [2.45, 2.75) is 52.5 Å². The van der Waals surface area contributed by atoms with E-state index in [1.807, 2.05) is 0 Å². The number of benzene rings is 2. The largest absolute Gasteiger partial charge is 0.366 e. The molecule has 148 valence electrons. The molecular weight excluding hydrogens is 370 g/mol. The van der Waals surface area contributed by atoms with Crippen molar-refractivity contribution in [3.05, 3.63) is 63.7 Å². The molecule has 1 heterocycles. The number of nitrogens with zero attached hydrogens (tertiary/aromatic N) is 2. The van der Waals surface area contributed by atoms with Crippen molar-refractivity contribution >= 4 is 29.4 Å². The molecule has 2 aromatic rings. The smallest absolute Gasteiger partial charge is 0.271 e. The Labute approximate surface area is 172 Å². The number of carbonyl (C=O) groups is 1. The molecule has 4 nitrogen and oxygen atoms in total. The Morgan fingerprint density at radius 1 is 1.36 bits per heavy atom. The molecule has 0 spiro atoms. The fraction of sp³-hybridized carbons (Fsp3) is 0.391. The molecule has 2 aromatic carbocycles. The van der Waals surface area contributed by atoms with Gasteiger partial charge >= 0.3 is 0 Å². The first-order valence-corrected chi connectivity index (χ1v) is 10.1. The van der Waals surface area contributed by atoms with E-state index >= 15 is 0 Å². The zero-order chi connectivity index (χ0) is 20.5. The van der Waals surface area contributed by atoms with Gasteiger partial charge in [-0.1, -0.05) is 24.6 Å². The fourth-order valence-corrected chi connectivity index (χ4v) is 4.43. The molecule has 5 heteroatoms. The summed E-state index contributed by atoms with van der Waals surface area (Å²) in [5.41, 5.74) is 8.04. The van der Waals surface area contributed by atoms with Gasteiger partial charge in [0.25, 0.3) is 5.91 Å². The summed E-state index contributed by atoms with van der Waals surface area (Å²) < 4.78 is 0. The van der Waals surface area contributed by atoms with Gasteiger partial charge in [0.2, 0.25) is 0 Å². The maximum atomic E-state index is 12.2. The maximum Gasteiger partial charge on any atom is 0.271 e. The monoisotopic (exact) mass is 397 g/mol. The van der Waals surface area contributed by atoms with E-state index in [1.54, 1.807) is 30.5 Å². The molecule has 0 radical (unpaired) electrons. The van der Waals surface area contributed by atoms with Gasteiger partial charge in [-0.3, -0.25) is 4.79 Å². The molecule has 1 amide bonds. The lowest BCUT2D eigenvalue weighted by molar-refractivity contribution is 0.0955. The van der Waals surface area contributed by atoms with Crippen LogP contribution in [0.2, 0.25) is 5.02 Å². The lowest BCUT2D eigenvalue weighted by Crippen LogP contribution is -2.48. The van der Waals surface area contributed by atoms with E-state index in [1.165, 1.54) is 11.3 Å². The minimum Gasteiger partial charge on any atom is -0.366 e. The van der Waals surface area contributed by atoms with Crippen LogP contribution in [-0.4, -0.2) is 24.2 Å². The third-order valence-electron chi connectivity index (χ3n) is 5.55. The third kappa shape index (κ3) is 4.07. The molecule has 0 saturated heterocycles. The van der Waals surface area contributed by atoms with E-state index in [-0.39, 0.29) is 11.4 Å². The summed E-state index contributed by atoms with van der Waals surface area (Å²) in [6, 6.07) is 11.3. The molecule has 0 saturated carbocycles. The van der Waals surface area contributed by atoms with Gasteiger partial charge in [0.15, 0.2) is 0 Å². The van der Waals surface area contributed by atoms with Gasteiger partial charge in [0, 0.05) is 28.4 Å². The van der Waals surface area contributed by atoms with Crippen LogP contribution in [0.15, 0.2) is 41.5 Å². The van der Waals surface area contributed by atoms with Crippen molar-refractivity contribution in [2.24, 2.45) is 5.10 Å². The van der Waals surface area contributed by atoms with Crippen LogP contribution in [0.5, 0.6) is 0 Å². The van der Waals surface area contributed by atoms with Crippen LogP contribution >= 0.6 is 11.6 Å². The van der Waals surface area contributed by atoms with Crippen molar-refractivity contribution in [3.63, 3.8) is 0 Å². The van der Waals surface area contributed by atoms with Crippen molar-refractivity contribution in [1.29, 1.82) is 0 Å². The van der Waals surface area contributed by atoms with E-state index in [2.05, 4.69) is 62.2 Å². The molecule has 28 heavy (non-hydrogen) atoms. The van der Waals surface area contributed by atoms with Crippen LogP contribution in [0.1, 0.15) is 67.1 Å². The van der Waals surface area contributed by atoms with E-state index in [4.69, 9.17) is 11.6 Å². The van der Waals surface area contributed by atoms with Crippen molar-refractivity contribution < 1.29 is 4.79 Å². The zero-order valence-electron chi connectivity index (χ0n) is 17.2. The summed E-state index contributed by atoms with van der Waals surface area (Å²) in [6.45, 7) is 12.2. The minimum atomic E-state index is -0.276. The molecule has 1 aliphatic rings. The number of amides is 1. The highest BCUT2D eigenvalue weighted by molar-refractivity contribution is 6.30. The summed E-state index contributed by atoms with van der Waals surface area (Å²) in [5, 5.41) is 4.70. The standard InChI is InChI=1S/C23H28ClN3O/c1-6-27-21-10-15(2)18(12-20(21)16(3)13-23(27,4)5)14-25-26-22(28)17-8-7-9-19(24)11-17/h7-12,14,16H,6,13H2,1-5H3,(H,26,28)/b25-14+. The van der Waals surface area contributed by atoms with Gasteiger partial charge in [0.1, 0.15) is 0 Å². The normalized spacial score (nSPS) is 18.2. The molecule has 1 unspecified atom stereocenters. The third-order valence-corrected chi connectivity index (χ3v) is 5.78. The minimum absolute atomic E-state index is 0.147. The first-order valence-electron chi connectivity index (χ1n) is 9.74. The van der Waals surface area contributed by atoms with E-state index in [0.29, 0.717) is 16.5 Å². The Morgan fingerprint density at radius 3 is 2.79 bits per heavy atom. The predicted molar refractivity (Wildman–Crippen MR) is 118 cm³/mol. The van der Waals surface area contributed by atoms with Gasteiger partial charge in [-0.25, -0.2) is 5.43 Å². The van der Waals surface area contributed by atoms with Crippen LogP contribution in [0.4, 0.5) is 5.69 Å². The second-order valence-electron chi connectivity index (χ2n) is 8.14. The highest BCUT2D eigenvalue weighted by Gasteiger charge is 2.35. The molecule has 1 atom stereocenters. The van der Waals surface area contributed by atoms with Crippen LogP contribution in [0.3, 0.4) is 0 Å². The molecule has 1 N–H and O–H groups in total. The van der Waals surface area contributed by atoms with Crippen molar-refractivity contribution in [2.75, 3.05) is 11.4 Å². The Bertz CT molecular complexity index is 920. The summed E-state index contributed by atoms with van der Waals surface area (Å²) >= 11 is 5.94. The van der Waals surface area contributed by atoms with Gasteiger partial charge in [-0.05, 0) is 87.1 Å². The maximum absolute atomic E-state index is 12.2. The number of aryl methyl sites for hydroxylation is 1. The van der Waals surface area contributed by atoms with E-state index < -0.39 is 0 Å². The number of carbonyl (C=O) groups excluding carboxylic acids is 1. The number of nitrogens with one attached hydrogen (secondary N) is 1. The van der Waals surface area contributed by atoms with Gasteiger partial charge < -0.3 is 4.90 Å². The number of fused-ring (bicyclic) bond motifs is 1. The molecule has 0 fully saturated rings. The van der Waals surface area contributed by atoms with Crippen molar-refractivity contribution in [3.8, 4) is 0 Å². The van der Waals surface area contributed by atoms with Gasteiger partial charge in [0.05, 0.1) is 6.21 Å². The molecule has 0 aliphatic carbocycles. The molecule has 0 bridgehead atoms. The molecule has 0 aromatic heterocycles. The number of anilines is 1. The number of rotatable bonds is 4. The summed E-state index contributed by atoms with van der Waals surface area (Å²) in [4.78, 5) is 14.7. The van der Waals surface area contributed by atoms with Crippen molar-refractivity contribution in [1.82, 2.24) is 5.43 Å². The summed E-state index contributed by atoms with van der Waals surface area (Å²) in [5.74, 6) is 0.197. The Morgan fingerprint density at radius 2 is 2.11 bits per heavy atom. The fourth-order valence-electron chi connectivity index (χ4n) is 4.24. The van der Waals surface area contributed by atoms with Gasteiger partial charge in [-0.2, -0.15) is 5.10 Å². The molecule has 1 aliphatic heterocycles. The van der Waals surface area contributed by atoms with Crippen LogP contribution < -0.4 is 10.3 Å². The second-order valence-corrected chi connectivity index (χ2v) is 8.58. The Hall–Kier alpha value is -2.33. The lowest BCUT2D eigenvalue weighted by atomic mass is 9.79. The first-order chi connectivity index (χ1) is 13.2. The Kier molecular flexibility index (Phi) is 5.80. The number of hydrogen-bond acceptors (Lipinski definition) is 3. The highest BCUT2D eigenvalue weighted by Crippen LogP contribution is 2.43. The zero-order valence-corrected chi connectivity index (χ0v) is 18.0. The van der Waals surface area contributed by atoms with E-state index in [9.17, 15) is 4.79 Å². The average Bonchev–Trinajstić information content (AvgIpc) is 2.62. The number of halogens is 1. The molecule has 3 rings (SSSR count). The first kappa shape index (κ1) is 20.4. The predicted octanol–water partition coefficient (Wildman–Crippen LogP) is 5.52. The average molecular weight is 398 g/mol. The summed E-state index contributed by atoms with van der Waals surface area (Å²) in [7, 11) is 0.